The van der Waals surface area contributed by atoms with Crippen molar-refractivity contribution in [3.05, 3.63) is 11.6 Å². The molecule has 4 rings (SSSR count). The molecule has 0 saturated carbocycles. The van der Waals surface area contributed by atoms with Gasteiger partial charge in [-0.25, -0.2) is 0 Å². The van der Waals surface area contributed by atoms with E-state index in [2.05, 4.69) is 21.7 Å². The van der Waals surface area contributed by atoms with Crippen LogP contribution in [0.4, 0.5) is 0 Å². The van der Waals surface area contributed by atoms with Crippen LogP contribution < -0.4 is 0 Å². The zero-order valence-electron chi connectivity index (χ0n) is 15.1. The van der Waals surface area contributed by atoms with Gasteiger partial charge in [0.25, 0.3) is 10.2 Å². The van der Waals surface area contributed by atoms with Gasteiger partial charge in [-0.2, -0.15) is 17.0 Å². The van der Waals surface area contributed by atoms with Gasteiger partial charge in [-0.15, -0.1) is 10.2 Å². The minimum atomic E-state index is -3.42. The average molecular weight is 368 g/mol. The summed E-state index contributed by atoms with van der Waals surface area (Å²) in [4.78, 5) is 0. The molecule has 3 aliphatic rings. The van der Waals surface area contributed by atoms with Gasteiger partial charge < -0.3 is 4.57 Å². The minimum absolute atomic E-state index is 0.151. The van der Waals surface area contributed by atoms with Crippen LogP contribution in [0.3, 0.4) is 0 Å². The highest BCUT2D eigenvalue weighted by atomic mass is 32.2. The predicted octanol–water partition coefficient (Wildman–Crippen LogP) is 2.12. The summed E-state index contributed by atoms with van der Waals surface area (Å²) in [6.45, 7) is 4.95. The van der Waals surface area contributed by atoms with E-state index in [0.717, 1.165) is 63.1 Å². The number of hydrogen-bond donors (Lipinski definition) is 0. The third kappa shape index (κ3) is 3.24. The summed E-state index contributed by atoms with van der Waals surface area (Å²) >= 11 is 0. The van der Waals surface area contributed by atoms with Crippen LogP contribution in [0.5, 0.6) is 0 Å². The smallest absolute Gasteiger partial charge is 0.282 e. The normalized spacial score (nSPS) is 29.5. The minimum Gasteiger partial charge on any atom is -0.314 e. The highest BCUT2D eigenvalue weighted by molar-refractivity contribution is 7.86. The molecule has 1 aromatic heterocycles. The van der Waals surface area contributed by atoms with Crippen molar-refractivity contribution in [3.63, 3.8) is 0 Å². The SMILES string of the molecule is C[C@@H]1CCCN(S(=O)(=O)N2CCC[C@@H]2c2nnc3n2CCCCC3)C1. The largest absolute Gasteiger partial charge is 0.314 e. The molecule has 1 aromatic rings. The summed E-state index contributed by atoms with van der Waals surface area (Å²) in [5.41, 5.74) is 0. The Kier molecular flexibility index (Phi) is 4.85. The van der Waals surface area contributed by atoms with Crippen molar-refractivity contribution < 1.29 is 8.42 Å². The number of nitrogens with zero attached hydrogens (tertiary/aromatic N) is 5. The maximum Gasteiger partial charge on any atom is 0.282 e. The van der Waals surface area contributed by atoms with E-state index in [-0.39, 0.29) is 6.04 Å². The molecule has 2 atom stereocenters. The Hall–Kier alpha value is -0.990. The standard InChI is InChI=1S/C17H29N5O2S/c1-14-7-5-10-20(13-14)25(23,24)22-12-6-8-15(22)17-19-18-16-9-3-2-4-11-21(16)17/h14-15H,2-13H2,1H3/t14-,15-/m1/s1. The fourth-order valence-corrected chi connectivity index (χ4v) is 6.51. The quantitative estimate of drug-likeness (QED) is 0.820. The fourth-order valence-electron chi connectivity index (χ4n) is 4.53. The van der Waals surface area contributed by atoms with Crippen LogP contribution in [0.25, 0.3) is 0 Å². The van der Waals surface area contributed by atoms with Crippen LogP contribution in [0.15, 0.2) is 0 Å². The molecule has 0 bridgehead atoms. The van der Waals surface area contributed by atoms with Crippen LogP contribution in [0.1, 0.15) is 69.6 Å². The number of fused-ring (bicyclic) bond motifs is 1. The first-order valence-electron chi connectivity index (χ1n) is 9.76. The van der Waals surface area contributed by atoms with Gasteiger partial charge in [-0.05, 0) is 44.4 Å². The molecule has 0 amide bonds. The number of hydrogen-bond acceptors (Lipinski definition) is 4. The Morgan fingerprint density at radius 1 is 0.960 bits per heavy atom. The van der Waals surface area contributed by atoms with E-state index >= 15 is 0 Å². The molecular weight excluding hydrogens is 338 g/mol. The predicted molar refractivity (Wildman–Crippen MR) is 95.1 cm³/mol. The maximum atomic E-state index is 13.3. The lowest BCUT2D eigenvalue weighted by Crippen LogP contribution is -2.47. The van der Waals surface area contributed by atoms with Gasteiger partial charge in [-0.3, -0.25) is 0 Å². The Morgan fingerprint density at radius 3 is 2.64 bits per heavy atom. The van der Waals surface area contributed by atoms with Crippen LogP contribution in [-0.2, 0) is 23.2 Å². The summed E-state index contributed by atoms with van der Waals surface area (Å²) in [5.74, 6) is 2.33. The summed E-state index contributed by atoms with van der Waals surface area (Å²) in [5, 5.41) is 8.81. The molecule has 2 fully saturated rings. The first-order valence-corrected chi connectivity index (χ1v) is 11.2. The van der Waals surface area contributed by atoms with Crippen LogP contribution in [-0.4, -0.2) is 51.4 Å². The van der Waals surface area contributed by atoms with Crippen LogP contribution >= 0.6 is 0 Å². The van der Waals surface area contributed by atoms with E-state index in [4.69, 9.17) is 0 Å². The monoisotopic (exact) mass is 367 g/mol. The third-order valence-corrected chi connectivity index (χ3v) is 7.90. The number of aromatic nitrogens is 3. The first kappa shape index (κ1) is 17.4. The average Bonchev–Trinajstić information content (AvgIpc) is 3.16. The number of piperidine rings is 1. The van der Waals surface area contributed by atoms with Gasteiger partial charge in [0, 0.05) is 32.6 Å². The molecule has 0 radical (unpaired) electrons. The van der Waals surface area contributed by atoms with Crippen molar-refractivity contribution in [2.75, 3.05) is 19.6 Å². The molecule has 2 saturated heterocycles. The molecule has 3 aliphatic heterocycles. The molecule has 0 aliphatic carbocycles. The summed E-state index contributed by atoms with van der Waals surface area (Å²) in [7, 11) is -3.42. The van der Waals surface area contributed by atoms with Gasteiger partial charge >= 0.3 is 0 Å². The molecule has 0 spiro atoms. The summed E-state index contributed by atoms with van der Waals surface area (Å²) < 4.78 is 32.1. The molecule has 0 unspecified atom stereocenters. The lowest BCUT2D eigenvalue weighted by atomic mass is 10.0. The highest BCUT2D eigenvalue weighted by Crippen LogP contribution is 2.36. The second kappa shape index (κ2) is 6.96. The fraction of sp³-hybridized carbons (Fsp3) is 0.882. The molecule has 25 heavy (non-hydrogen) atoms. The van der Waals surface area contributed by atoms with Gasteiger partial charge in [-0.1, -0.05) is 13.3 Å². The van der Waals surface area contributed by atoms with E-state index in [1.807, 2.05) is 0 Å². The van der Waals surface area contributed by atoms with Gasteiger partial charge in [0.05, 0.1) is 6.04 Å². The van der Waals surface area contributed by atoms with Crippen LogP contribution in [0, 0.1) is 5.92 Å². The molecule has 140 valence electrons. The first-order chi connectivity index (χ1) is 12.1. The summed E-state index contributed by atoms with van der Waals surface area (Å²) in [6, 6.07) is -0.151. The Bertz CT molecular complexity index is 717. The molecule has 4 heterocycles. The molecular formula is C17H29N5O2S. The second-order valence-corrected chi connectivity index (χ2v) is 9.70. The third-order valence-electron chi connectivity index (χ3n) is 5.88. The molecule has 7 nitrogen and oxygen atoms in total. The number of aryl methyl sites for hydroxylation is 1. The Morgan fingerprint density at radius 2 is 1.80 bits per heavy atom. The van der Waals surface area contributed by atoms with E-state index in [1.165, 1.54) is 6.42 Å². The van der Waals surface area contributed by atoms with Gasteiger partial charge in [0.2, 0.25) is 0 Å². The molecule has 0 aromatic carbocycles. The highest BCUT2D eigenvalue weighted by Gasteiger charge is 2.42. The second-order valence-electron chi connectivity index (χ2n) is 7.82. The van der Waals surface area contributed by atoms with Gasteiger partial charge in [0.15, 0.2) is 5.82 Å². The zero-order valence-corrected chi connectivity index (χ0v) is 15.9. The van der Waals surface area contributed by atoms with Crippen molar-refractivity contribution in [3.8, 4) is 0 Å². The van der Waals surface area contributed by atoms with Crippen molar-refractivity contribution in [1.29, 1.82) is 0 Å². The van der Waals surface area contributed by atoms with E-state index in [0.29, 0.717) is 25.6 Å². The molecule has 8 heteroatoms. The summed E-state index contributed by atoms with van der Waals surface area (Å²) in [6.07, 6.45) is 8.26. The number of rotatable bonds is 3. The van der Waals surface area contributed by atoms with Crippen LogP contribution in [0.2, 0.25) is 0 Å². The van der Waals surface area contributed by atoms with Crippen molar-refractivity contribution in [2.45, 2.75) is 70.9 Å². The lowest BCUT2D eigenvalue weighted by molar-refractivity contribution is 0.251. The van der Waals surface area contributed by atoms with Crippen molar-refractivity contribution in [1.82, 2.24) is 23.4 Å². The van der Waals surface area contributed by atoms with Crippen molar-refractivity contribution >= 4 is 10.2 Å². The topological polar surface area (TPSA) is 71.3 Å². The molecule has 0 N–H and O–H groups in total. The Balaban J connectivity index is 1.61. The lowest BCUT2D eigenvalue weighted by Gasteiger charge is -2.35. The van der Waals surface area contributed by atoms with Gasteiger partial charge in [0.1, 0.15) is 5.82 Å². The zero-order chi connectivity index (χ0) is 17.4. The maximum absolute atomic E-state index is 13.3. The van der Waals surface area contributed by atoms with E-state index in [9.17, 15) is 8.42 Å². The van der Waals surface area contributed by atoms with E-state index in [1.54, 1.807) is 8.61 Å². The van der Waals surface area contributed by atoms with Crippen molar-refractivity contribution in [2.24, 2.45) is 5.92 Å². The Labute approximate surface area is 150 Å². The van der Waals surface area contributed by atoms with E-state index < -0.39 is 10.2 Å².